The summed E-state index contributed by atoms with van der Waals surface area (Å²) in [7, 11) is 0. The third-order valence-corrected chi connectivity index (χ3v) is 3.75. The first-order chi connectivity index (χ1) is 7.31. The smallest absolute Gasteiger partial charge is 0.0465 e. The van der Waals surface area contributed by atoms with E-state index < -0.39 is 0 Å². The fourth-order valence-corrected chi connectivity index (χ4v) is 2.76. The second-order valence-electron chi connectivity index (χ2n) is 4.78. The topological polar surface area (TPSA) is 20.2 Å². The van der Waals surface area contributed by atoms with E-state index in [2.05, 4.69) is 37.3 Å². The van der Waals surface area contributed by atoms with Gasteiger partial charge in [0.1, 0.15) is 0 Å². The lowest BCUT2D eigenvalue weighted by molar-refractivity contribution is 0.273. The number of hydrogen-bond donors (Lipinski definition) is 1. The molecule has 3 unspecified atom stereocenters. The molecule has 0 heterocycles. The quantitative estimate of drug-likeness (QED) is 0.778. The second-order valence-corrected chi connectivity index (χ2v) is 4.78. The molecule has 1 saturated carbocycles. The van der Waals surface area contributed by atoms with Gasteiger partial charge in [-0.1, -0.05) is 37.3 Å². The molecule has 1 fully saturated rings. The van der Waals surface area contributed by atoms with Crippen LogP contribution in [0.3, 0.4) is 0 Å². The Morgan fingerprint density at radius 2 is 2.13 bits per heavy atom. The summed E-state index contributed by atoms with van der Waals surface area (Å²) < 4.78 is 0. The maximum atomic E-state index is 9.12. The highest BCUT2D eigenvalue weighted by Crippen LogP contribution is 2.52. The minimum absolute atomic E-state index is 0.346. The average Bonchev–Trinajstić information content (AvgIpc) is 2.98. The van der Waals surface area contributed by atoms with E-state index in [0.29, 0.717) is 24.4 Å². The van der Waals surface area contributed by atoms with Gasteiger partial charge >= 0.3 is 0 Å². The first-order valence-electron chi connectivity index (χ1n) is 5.73. The highest BCUT2D eigenvalue weighted by atomic mass is 16.3. The molecule has 0 aliphatic heterocycles. The van der Waals surface area contributed by atoms with E-state index in [4.69, 9.17) is 5.11 Å². The minimum atomic E-state index is 0.346. The van der Waals surface area contributed by atoms with E-state index in [1.807, 2.05) is 0 Å². The Morgan fingerprint density at radius 1 is 1.33 bits per heavy atom. The minimum Gasteiger partial charge on any atom is -0.396 e. The van der Waals surface area contributed by atoms with E-state index in [1.54, 1.807) is 0 Å². The second kappa shape index (κ2) is 3.21. The maximum absolute atomic E-state index is 9.12. The average molecular weight is 200 g/mol. The van der Waals surface area contributed by atoms with E-state index in [0.717, 1.165) is 0 Å². The van der Waals surface area contributed by atoms with Crippen molar-refractivity contribution in [3.8, 4) is 0 Å². The molecule has 1 heteroatoms. The standard InChI is InChI=1S/C14H16O/c1-9-6-14(13-7-10(13)8-15)12-5-3-2-4-11(9)12/h2-6,9-10,13,15H,7-8H2,1H3. The van der Waals surface area contributed by atoms with Gasteiger partial charge in [-0.05, 0) is 35.0 Å². The number of allylic oxidation sites excluding steroid dienone is 2. The lowest BCUT2D eigenvalue weighted by atomic mass is 10.00. The highest BCUT2D eigenvalue weighted by molar-refractivity contribution is 5.77. The van der Waals surface area contributed by atoms with Crippen LogP contribution < -0.4 is 0 Å². The zero-order valence-corrected chi connectivity index (χ0v) is 8.98. The van der Waals surface area contributed by atoms with Crippen molar-refractivity contribution in [2.24, 2.45) is 11.8 Å². The summed E-state index contributed by atoms with van der Waals surface area (Å²) in [5, 5.41) is 9.12. The SMILES string of the molecule is CC1C=C(C2CC2CO)c2ccccc21. The van der Waals surface area contributed by atoms with Crippen molar-refractivity contribution < 1.29 is 5.11 Å². The zero-order valence-electron chi connectivity index (χ0n) is 8.98. The summed E-state index contributed by atoms with van der Waals surface area (Å²) in [6.45, 7) is 2.60. The number of rotatable bonds is 2. The van der Waals surface area contributed by atoms with Gasteiger partial charge in [0, 0.05) is 12.5 Å². The van der Waals surface area contributed by atoms with Crippen molar-refractivity contribution in [3.63, 3.8) is 0 Å². The van der Waals surface area contributed by atoms with Gasteiger partial charge in [0.05, 0.1) is 0 Å². The van der Waals surface area contributed by atoms with Gasteiger partial charge < -0.3 is 5.11 Å². The van der Waals surface area contributed by atoms with Crippen molar-refractivity contribution in [1.29, 1.82) is 0 Å². The van der Waals surface area contributed by atoms with Crippen LogP contribution in [0.5, 0.6) is 0 Å². The molecule has 3 rings (SSSR count). The van der Waals surface area contributed by atoms with Crippen molar-refractivity contribution in [3.05, 3.63) is 41.5 Å². The van der Waals surface area contributed by atoms with Crippen molar-refractivity contribution >= 4 is 5.57 Å². The summed E-state index contributed by atoms with van der Waals surface area (Å²) in [5.41, 5.74) is 4.36. The molecular formula is C14H16O. The fourth-order valence-electron chi connectivity index (χ4n) is 2.76. The Kier molecular flexibility index (Phi) is 1.96. The Hall–Kier alpha value is -1.08. The third kappa shape index (κ3) is 1.34. The van der Waals surface area contributed by atoms with Gasteiger partial charge in [-0.3, -0.25) is 0 Å². The Balaban J connectivity index is 1.96. The maximum Gasteiger partial charge on any atom is 0.0465 e. The van der Waals surface area contributed by atoms with Gasteiger partial charge in [-0.25, -0.2) is 0 Å². The van der Waals surface area contributed by atoms with Crippen LogP contribution in [-0.2, 0) is 0 Å². The Morgan fingerprint density at radius 3 is 2.87 bits per heavy atom. The predicted molar refractivity (Wildman–Crippen MR) is 61.5 cm³/mol. The monoisotopic (exact) mass is 200 g/mol. The number of aliphatic hydroxyl groups excluding tert-OH is 1. The fraction of sp³-hybridized carbons (Fsp3) is 0.429. The largest absolute Gasteiger partial charge is 0.396 e. The van der Waals surface area contributed by atoms with Crippen LogP contribution in [0.25, 0.3) is 5.57 Å². The van der Waals surface area contributed by atoms with Crippen LogP contribution in [0, 0.1) is 11.8 Å². The summed E-state index contributed by atoms with van der Waals surface area (Å²) >= 11 is 0. The molecule has 2 aliphatic rings. The summed E-state index contributed by atoms with van der Waals surface area (Å²) in [4.78, 5) is 0. The zero-order chi connectivity index (χ0) is 10.4. The molecule has 1 N–H and O–H groups in total. The van der Waals surface area contributed by atoms with Crippen LogP contribution >= 0.6 is 0 Å². The molecule has 78 valence electrons. The van der Waals surface area contributed by atoms with E-state index >= 15 is 0 Å². The van der Waals surface area contributed by atoms with Gasteiger partial charge in [0.25, 0.3) is 0 Å². The first-order valence-corrected chi connectivity index (χ1v) is 5.73. The third-order valence-electron chi connectivity index (χ3n) is 3.75. The molecule has 15 heavy (non-hydrogen) atoms. The summed E-state index contributed by atoms with van der Waals surface area (Å²) in [6, 6.07) is 8.67. The van der Waals surface area contributed by atoms with Crippen LogP contribution in [0.2, 0.25) is 0 Å². The molecule has 0 aromatic heterocycles. The molecule has 0 radical (unpaired) electrons. The van der Waals surface area contributed by atoms with Crippen LogP contribution in [-0.4, -0.2) is 11.7 Å². The Labute approximate surface area is 90.4 Å². The van der Waals surface area contributed by atoms with E-state index in [-0.39, 0.29) is 0 Å². The molecule has 0 amide bonds. The Bertz CT molecular complexity index is 419. The molecular weight excluding hydrogens is 184 g/mol. The van der Waals surface area contributed by atoms with Gasteiger partial charge in [0.15, 0.2) is 0 Å². The molecule has 1 aromatic carbocycles. The van der Waals surface area contributed by atoms with Crippen LogP contribution in [0.1, 0.15) is 30.4 Å². The lowest BCUT2D eigenvalue weighted by Crippen LogP contribution is -1.91. The number of fused-ring (bicyclic) bond motifs is 1. The summed E-state index contributed by atoms with van der Waals surface area (Å²) in [6.07, 6.45) is 3.55. The van der Waals surface area contributed by atoms with Crippen molar-refractivity contribution in [1.82, 2.24) is 0 Å². The van der Waals surface area contributed by atoms with Gasteiger partial charge in [0.2, 0.25) is 0 Å². The van der Waals surface area contributed by atoms with E-state index in [1.165, 1.54) is 23.1 Å². The molecule has 0 spiro atoms. The molecule has 0 saturated heterocycles. The molecule has 1 nitrogen and oxygen atoms in total. The number of hydrogen-bond acceptors (Lipinski definition) is 1. The first kappa shape index (κ1) is 9.17. The normalized spacial score (nSPS) is 32.4. The number of benzene rings is 1. The lowest BCUT2D eigenvalue weighted by Gasteiger charge is -2.05. The highest BCUT2D eigenvalue weighted by Gasteiger charge is 2.41. The van der Waals surface area contributed by atoms with E-state index in [9.17, 15) is 0 Å². The van der Waals surface area contributed by atoms with Crippen LogP contribution in [0.4, 0.5) is 0 Å². The van der Waals surface area contributed by atoms with Crippen molar-refractivity contribution in [2.75, 3.05) is 6.61 Å². The molecule has 0 bridgehead atoms. The molecule has 3 atom stereocenters. The summed E-state index contributed by atoms with van der Waals surface area (Å²) in [5.74, 6) is 1.70. The van der Waals surface area contributed by atoms with Gasteiger partial charge in [-0.15, -0.1) is 0 Å². The van der Waals surface area contributed by atoms with Gasteiger partial charge in [-0.2, -0.15) is 0 Å². The van der Waals surface area contributed by atoms with Crippen molar-refractivity contribution in [2.45, 2.75) is 19.3 Å². The van der Waals surface area contributed by atoms with Crippen LogP contribution in [0.15, 0.2) is 30.3 Å². The predicted octanol–water partition coefficient (Wildman–Crippen LogP) is 2.82. The molecule has 1 aromatic rings. The number of aliphatic hydroxyl groups is 1. The molecule has 2 aliphatic carbocycles.